The SMILES string of the molecule is Cc1ccccc1S(=O)(=O)Oc1ccc2ccc(OS(=O)(=O)c3ccccc3C)cc2c1. The van der Waals surface area contributed by atoms with Gasteiger partial charge in [-0.3, -0.25) is 0 Å². The zero-order chi connectivity index (χ0) is 22.9. The molecule has 0 aromatic heterocycles. The van der Waals surface area contributed by atoms with E-state index in [4.69, 9.17) is 8.37 Å². The van der Waals surface area contributed by atoms with Gasteiger partial charge in [-0.05, 0) is 72.1 Å². The van der Waals surface area contributed by atoms with Crippen LogP contribution in [0.15, 0.2) is 94.7 Å². The van der Waals surface area contributed by atoms with Crippen LogP contribution in [0.25, 0.3) is 10.8 Å². The predicted octanol–water partition coefficient (Wildman–Crippen LogP) is 4.99. The second kappa shape index (κ2) is 8.29. The molecule has 0 bridgehead atoms. The molecule has 0 spiro atoms. The van der Waals surface area contributed by atoms with Crippen molar-refractivity contribution < 1.29 is 25.2 Å². The van der Waals surface area contributed by atoms with Crippen LogP contribution in [-0.4, -0.2) is 16.8 Å². The fourth-order valence-corrected chi connectivity index (χ4v) is 5.63. The Kier molecular flexibility index (Phi) is 5.66. The molecule has 0 heterocycles. The van der Waals surface area contributed by atoms with Gasteiger partial charge >= 0.3 is 20.2 Å². The van der Waals surface area contributed by atoms with Crippen molar-refractivity contribution >= 4 is 31.0 Å². The van der Waals surface area contributed by atoms with Crippen LogP contribution in [0, 0.1) is 13.8 Å². The lowest BCUT2D eigenvalue weighted by molar-refractivity contribution is 0.485. The maximum Gasteiger partial charge on any atom is 0.339 e. The molecular formula is C24H20O6S2. The first-order valence-electron chi connectivity index (χ1n) is 9.70. The summed E-state index contributed by atoms with van der Waals surface area (Å²) >= 11 is 0. The third-order valence-electron chi connectivity index (χ3n) is 4.92. The highest BCUT2D eigenvalue weighted by molar-refractivity contribution is 7.87. The lowest BCUT2D eigenvalue weighted by Gasteiger charge is -2.11. The highest BCUT2D eigenvalue weighted by Gasteiger charge is 2.20. The van der Waals surface area contributed by atoms with Gasteiger partial charge in [0.05, 0.1) is 0 Å². The van der Waals surface area contributed by atoms with Crippen LogP contribution in [0.3, 0.4) is 0 Å². The molecule has 4 aromatic rings. The molecule has 4 aromatic carbocycles. The van der Waals surface area contributed by atoms with Gasteiger partial charge in [0.15, 0.2) is 0 Å². The van der Waals surface area contributed by atoms with Gasteiger partial charge in [-0.2, -0.15) is 16.8 Å². The molecule has 0 aliphatic rings. The van der Waals surface area contributed by atoms with E-state index in [2.05, 4.69) is 0 Å². The van der Waals surface area contributed by atoms with Gasteiger partial charge in [0.25, 0.3) is 0 Å². The average molecular weight is 469 g/mol. The zero-order valence-corrected chi connectivity index (χ0v) is 19.0. The van der Waals surface area contributed by atoms with Crippen molar-refractivity contribution in [1.82, 2.24) is 0 Å². The third kappa shape index (κ3) is 4.46. The molecule has 0 aliphatic carbocycles. The van der Waals surface area contributed by atoms with Crippen molar-refractivity contribution in [3.63, 3.8) is 0 Å². The molecule has 0 atom stereocenters. The average Bonchev–Trinajstić information content (AvgIpc) is 2.73. The minimum Gasteiger partial charge on any atom is -0.379 e. The molecule has 4 rings (SSSR count). The lowest BCUT2D eigenvalue weighted by Crippen LogP contribution is -2.11. The number of aryl methyl sites for hydroxylation is 2. The molecule has 8 heteroatoms. The van der Waals surface area contributed by atoms with Crippen LogP contribution in [0.5, 0.6) is 11.5 Å². The van der Waals surface area contributed by atoms with Gasteiger partial charge < -0.3 is 8.37 Å². The molecular weight excluding hydrogens is 448 g/mol. The Labute approximate surface area is 187 Å². The second-order valence-electron chi connectivity index (χ2n) is 7.28. The van der Waals surface area contributed by atoms with Crippen LogP contribution in [0.4, 0.5) is 0 Å². The van der Waals surface area contributed by atoms with Crippen molar-refractivity contribution in [3.8, 4) is 11.5 Å². The zero-order valence-electron chi connectivity index (χ0n) is 17.3. The van der Waals surface area contributed by atoms with E-state index in [-0.39, 0.29) is 21.3 Å². The molecule has 32 heavy (non-hydrogen) atoms. The number of hydrogen-bond donors (Lipinski definition) is 0. The highest BCUT2D eigenvalue weighted by Crippen LogP contribution is 2.29. The quantitative estimate of drug-likeness (QED) is 0.371. The van der Waals surface area contributed by atoms with Crippen molar-refractivity contribution in [3.05, 3.63) is 96.1 Å². The van der Waals surface area contributed by atoms with Crippen LogP contribution in [0.1, 0.15) is 11.1 Å². The van der Waals surface area contributed by atoms with Crippen molar-refractivity contribution in [2.75, 3.05) is 0 Å². The van der Waals surface area contributed by atoms with E-state index in [1.54, 1.807) is 74.5 Å². The van der Waals surface area contributed by atoms with Crippen molar-refractivity contribution in [2.24, 2.45) is 0 Å². The molecule has 0 aliphatic heterocycles. The Morgan fingerprint density at radius 1 is 0.531 bits per heavy atom. The smallest absolute Gasteiger partial charge is 0.339 e. The molecule has 164 valence electrons. The first kappa shape index (κ1) is 21.9. The fraction of sp³-hybridized carbons (Fsp3) is 0.0833. The van der Waals surface area contributed by atoms with E-state index in [1.165, 1.54) is 24.3 Å². The normalized spacial score (nSPS) is 11.9. The molecule has 6 nitrogen and oxygen atoms in total. The van der Waals surface area contributed by atoms with Crippen molar-refractivity contribution in [2.45, 2.75) is 23.6 Å². The first-order chi connectivity index (χ1) is 15.2. The Bertz CT molecular complexity index is 1410. The Morgan fingerprint density at radius 2 is 0.938 bits per heavy atom. The van der Waals surface area contributed by atoms with Gasteiger partial charge in [-0.1, -0.05) is 48.5 Å². The molecule has 0 radical (unpaired) electrons. The van der Waals surface area contributed by atoms with Gasteiger partial charge in [-0.25, -0.2) is 0 Å². The van der Waals surface area contributed by atoms with E-state index < -0.39 is 20.2 Å². The fourth-order valence-electron chi connectivity index (χ4n) is 3.32. The summed E-state index contributed by atoms with van der Waals surface area (Å²) in [7, 11) is -8.04. The number of rotatable bonds is 6. The van der Waals surface area contributed by atoms with E-state index >= 15 is 0 Å². The number of benzene rings is 4. The van der Waals surface area contributed by atoms with E-state index in [1.807, 2.05) is 0 Å². The largest absolute Gasteiger partial charge is 0.379 e. The van der Waals surface area contributed by atoms with E-state index in [0.29, 0.717) is 16.5 Å². The monoisotopic (exact) mass is 468 g/mol. The van der Waals surface area contributed by atoms with Gasteiger partial charge in [0.1, 0.15) is 21.3 Å². The van der Waals surface area contributed by atoms with Gasteiger partial charge in [0, 0.05) is 0 Å². The summed E-state index contributed by atoms with van der Waals surface area (Å²) in [6.07, 6.45) is 0. The third-order valence-corrected chi connectivity index (χ3v) is 7.74. The van der Waals surface area contributed by atoms with Crippen LogP contribution < -0.4 is 8.37 Å². The Morgan fingerprint density at radius 3 is 1.34 bits per heavy atom. The maximum atomic E-state index is 12.7. The molecule has 0 saturated carbocycles. The molecule has 0 amide bonds. The van der Waals surface area contributed by atoms with Crippen molar-refractivity contribution in [1.29, 1.82) is 0 Å². The maximum absolute atomic E-state index is 12.7. The Hall–Kier alpha value is -3.36. The lowest BCUT2D eigenvalue weighted by atomic mass is 10.1. The van der Waals surface area contributed by atoms with E-state index in [0.717, 1.165) is 5.39 Å². The molecule has 0 fully saturated rings. The van der Waals surface area contributed by atoms with Crippen LogP contribution in [-0.2, 0) is 20.2 Å². The Balaban J connectivity index is 1.65. The predicted molar refractivity (Wildman–Crippen MR) is 122 cm³/mol. The summed E-state index contributed by atoms with van der Waals surface area (Å²) in [5.74, 6) is 0.222. The molecule has 0 N–H and O–H groups in total. The minimum atomic E-state index is -4.02. The van der Waals surface area contributed by atoms with Crippen LogP contribution >= 0.6 is 0 Å². The number of fused-ring (bicyclic) bond motifs is 1. The summed E-state index contributed by atoms with van der Waals surface area (Å²) in [4.78, 5) is 0.169. The topological polar surface area (TPSA) is 86.7 Å². The first-order valence-corrected chi connectivity index (χ1v) is 12.5. The van der Waals surface area contributed by atoms with Crippen LogP contribution in [0.2, 0.25) is 0 Å². The summed E-state index contributed by atoms with van der Waals surface area (Å²) < 4.78 is 61.3. The summed E-state index contributed by atoms with van der Waals surface area (Å²) in [5.41, 5.74) is 1.15. The molecule has 0 saturated heterocycles. The minimum absolute atomic E-state index is 0.0847. The summed E-state index contributed by atoms with van der Waals surface area (Å²) in [5, 5.41) is 1.34. The number of hydrogen-bond acceptors (Lipinski definition) is 6. The summed E-state index contributed by atoms with van der Waals surface area (Å²) in [6.45, 7) is 3.38. The van der Waals surface area contributed by atoms with E-state index in [9.17, 15) is 16.8 Å². The summed E-state index contributed by atoms with van der Waals surface area (Å²) in [6, 6.07) is 22.6. The van der Waals surface area contributed by atoms with Gasteiger partial charge in [0.2, 0.25) is 0 Å². The second-order valence-corrected chi connectivity index (χ2v) is 10.3. The highest BCUT2D eigenvalue weighted by atomic mass is 32.2. The van der Waals surface area contributed by atoms with Gasteiger partial charge in [-0.15, -0.1) is 0 Å². The standard InChI is InChI=1S/C24H20O6S2/c1-17-7-3-5-9-23(17)31(25,26)29-21-13-11-19-12-14-22(16-20(19)15-21)30-32(27,28)24-10-6-4-8-18(24)2/h3-16H,1-2H3. The molecule has 0 unspecified atom stereocenters.